The highest BCUT2D eigenvalue weighted by atomic mass is 32.2. The predicted molar refractivity (Wildman–Crippen MR) is 116 cm³/mol. The molecule has 0 aromatic heterocycles. The molecule has 1 saturated heterocycles. The molecule has 10 heteroatoms. The lowest BCUT2D eigenvalue weighted by molar-refractivity contribution is -0.122. The van der Waals surface area contributed by atoms with E-state index in [0.29, 0.717) is 31.7 Å². The van der Waals surface area contributed by atoms with Crippen LogP contribution in [0.3, 0.4) is 0 Å². The smallest absolute Gasteiger partial charge is 0.336 e. The van der Waals surface area contributed by atoms with Crippen LogP contribution in [0.15, 0.2) is 58.5 Å². The summed E-state index contributed by atoms with van der Waals surface area (Å²) in [6.45, 7) is 3.39. The number of rotatable bonds is 7. The van der Waals surface area contributed by atoms with Gasteiger partial charge in [-0.05, 0) is 25.1 Å². The number of aromatic carboxylic acids is 1. The van der Waals surface area contributed by atoms with Crippen molar-refractivity contribution in [3.8, 4) is 0 Å². The van der Waals surface area contributed by atoms with Crippen molar-refractivity contribution in [2.45, 2.75) is 11.8 Å². The van der Waals surface area contributed by atoms with E-state index in [1.54, 1.807) is 42.5 Å². The first-order valence-electron chi connectivity index (χ1n) is 9.71. The molecule has 2 aromatic rings. The SMILES string of the molecule is Cc1ccc(S(=O)(=O)N2CCN(CC(=O)N/N=C\c3ccccc3C(=O)O)CC2)cc1. The molecule has 1 aliphatic rings. The molecule has 2 N–H and O–H groups in total. The zero-order valence-electron chi connectivity index (χ0n) is 17.1. The van der Waals surface area contributed by atoms with Crippen molar-refractivity contribution < 1.29 is 23.1 Å². The van der Waals surface area contributed by atoms with Gasteiger partial charge in [0, 0.05) is 31.7 Å². The van der Waals surface area contributed by atoms with Gasteiger partial charge in [-0.25, -0.2) is 18.6 Å². The van der Waals surface area contributed by atoms with Crippen LogP contribution in [0.1, 0.15) is 21.5 Å². The first kappa shape index (κ1) is 22.6. The van der Waals surface area contributed by atoms with E-state index < -0.39 is 16.0 Å². The minimum Gasteiger partial charge on any atom is -0.478 e. The molecular formula is C21H24N4O5S. The normalized spacial score (nSPS) is 15.8. The van der Waals surface area contributed by atoms with E-state index >= 15 is 0 Å². The van der Waals surface area contributed by atoms with Gasteiger partial charge < -0.3 is 5.11 Å². The maximum absolute atomic E-state index is 12.7. The second-order valence-electron chi connectivity index (χ2n) is 7.18. The van der Waals surface area contributed by atoms with Gasteiger partial charge in [-0.1, -0.05) is 35.9 Å². The second kappa shape index (κ2) is 9.82. The van der Waals surface area contributed by atoms with Gasteiger partial charge >= 0.3 is 5.97 Å². The van der Waals surface area contributed by atoms with Crippen molar-refractivity contribution in [3.63, 3.8) is 0 Å². The third-order valence-corrected chi connectivity index (χ3v) is 6.85. The molecular weight excluding hydrogens is 420 g/mol. The summed E-state index contributed by atoms with van der Waals surface area (Å²) in [5.74, 6) is -1.44. The van der Waals surface area contributed by atoms with Gasteiger partial charge in [-0.2, -0.15) is 9.41 Å². The van der Waals surface area contributed by atoms with Crippen LogP contribution in [0.5, 0.6) is 0 Å². The average Bonchev–Trinajstić information content (AvgIpc) is 2.74. The van der Waals surface area contributed by atoms with Crippen molar-refractivity contribution in [2.75, 3.05) is 32.7 Å². The summed E-state index contributed by atoms with van der Waals surface area (Å²) >= 11 is 0. The molecule has 0 radical (unpaired) electrons. The number of nitrogens with one attached hydrogen (secondary N) is 1. The minimum atomic E-state index is -3.55. The molecule has 1 amide bonds. The number of carbonyl (C=O) groups excluding carboxylic acids is 1. The van der Waals surface area contributed by atoms with Crippen molar-refractivity contribution in [1.29, 1.82) is 0 Å². The Balaban J connectivity index is 1.50. The van der Waals surface area contributed by atoms with Crippen molar-refractivity contribution in [2.24, 2.45) is 5.10 Å². The zero-order valence-corrected chi connectivity index (χ0v) is 17.9. The number of carbonyl (C=O) groups is 2. The molecule has 1 heterocycles. The fourth-order valence-corrected chi connectivity index (χ4v) is 4.63. The van der Waals surface area contributed by atoms with Crippen LogP contribution in [-0.4, -0.2) is 73.5 Å². The Kier molecular flexibility index (Phi) is 7.16. The third-order valence-electron chi connectivity index (χ3n) is 4.94. The molecule has 164 valence electrons. The van der Waals surface area contributed by atoms with Crippen LogP contribution >= 0.6 is 0 Å². The molecule has 0 aliphatic carbocycles. The van der Waals surface area contributed by atoms with Crippen LogP contribution in [0.2, 0.25) is 0 Å². The van der Waals surface area contributed by atoms with Gasteiger partial charge in [0.15, 0.2) is 0 Å². The van der Waals surface area contributed by atoms with E-state index in [0.717, 1.165) is 5.56 Å². The summed E-state index contributed by atoms with van der Waals surface area (Å²) in [6, 6.07) is 13.1. The number of aryl methyl sites for hydroxylation is 1. The van der Waals surface area contributed by atoms with Crippen molar-refractivity contribution in [3.05, 3.63) is 65.2 Å². The Morgan fingerprint density at radius 3 is 2.35 bits per heavy atom. The molecule has 0 unspecified atom stereocenters. The molecule has 1 aliphatic heterocycles. The number of hydrogen-bond acceptors (Lipinski definition) is 6. The van der Waals surface area contributed by atoms with Gasteiger partial charge in [0.05, 0.1) is 23.2 Å². The number of hydrogen-bond donors (Lipinski definition) is 2. The van der Waals surface area contributed by atoms with Crippen molar-refractivity contribution in [1.82, 2.24) is 14.6 Å². The van der Waals surface area contributed by atoms with E-state index in [1.807, 2.05) is 11.8 Å². The monoisotopic (exact) mass is 444 g/mol. The number of hydrazone groups is 1. The standard InChI is InChI=1S/C21H24N4O5S/c1-16-6-8-18(9-7-16)31(29,30)25-12-10-24(11-13-25)15-20(26)23-22-14-17-4-2-3-5-19(17)21(27)28/h2-9,14H,10-13,15H2,1H3,(H,23,26)(H,27,28)/b22-14-. The molecule has 0 saturated carbocycles. The first-order valence-corrected chi connectivity index (χ1v) is 11.1. The zero-order chi connectivity index (χ0) is 22.4. The summed E-state index contributed by atoms with van der Waals surface area (Å²) in [6.07, 6.45) is 1.29. The van der Waals surface area contributed by atoms with Crippen LogP contribution < -0.4 is 5.43 Å². The number of carboxylic acid groups (broad SMARTS) is 1. The molecule has 2 aromatic carbocycles. The Morgan fingerprint density at radius 1 is 1.06 bits per heavy atom. The first-order chi connectivity index (χ1) is 14.8. The fraction of sp³-hybridized carbons (Fsp3) is 0.286. The quantitative estimate of drug-likeness (QED) is 0.488. The van der Waals surface area contributed by atoms with E-state index in [2.05, 4.69) is 10.5 Å². The molecule has 3 rings (SSSR count). The average molecular weight is 445 g/mol. The number of nitrogens with zero attached hydrogens (tertiary/aromatic N) is 3. The summed E-state index contributed by atoms with van der Waals surface area (Å²) in [7, 11) is -3.55. The maximum atomic E-state index is 12.7. The highest BCUT2D eigenvalue weighted by molar-refractivity contribution is 7.89. The number of benzene rings is 2. The van der Waals surface area contributed by atoms with Gasteiger partial charge in [0.1, 0.15) is 0 Å². The topological polar surface area (TPSA) is 119 Å². The van der Waals surface area contributed by atoms with Gasteiger partial charge in [-0.3, -0.25) is 9.69 Å². The number of piperazine rings is 1. The lowest BCUT2D eigenvalue weighted by Gasteiger charge is -2.33. The summed E-state index contributed by atoms with van der Waals surface area (Å²) < 4.78 is 26.9. The molecule has 9 nitrogen and oxygen atoms in total. The fourth-order valence-electron chi connectivity index (χ4n) is 3.20. The van der Waals surface area contributed by atoms with Gasteiger partial charge in [-0.15, -0.1) is 0 Å². The van der Waals surface area contributed by atoms with Crippen LogP contribution in [0.25, 0.3) is 0 Å². The predicted octanol–water partition coefficient (Wildman–Crippen LogP) is 1.15. The Bertz CT molecular complexity index is 1080. The highest BCUT2D eigenvalue weighted by Gasteiger charge is 2.28. The van der Waals surface area contributed by atoms with E-state index in [1.165, 1.54) is 16.6 Å². The highest BCUT2D eigenvalue weighted by Crippen LogP contribution is 2.18. The summed E-state index contributed by atoms with van der Waals surface area (Å²) in [4.78, 5) is 25.4. The van der Waals surface area contributed by atoms with E-state index in [9.17, 15) is 18.0 Å². The van der Waals surface area contributed by atoms with Gasteiger partial charge in [0.2, 0.25) is 10.0 Å². The van der Waals surface area contributed by atoms with Crippen LogP contribution in [-0.2, 0) is 14.8 Å². The Labute approximate surface area is 181 Å². The van der Waals surface area contributed by atoms with Gasteiger partial charge in [0.25, 0.3) is 5.91 Å². The molecule has 0 atom stereocenters. The number of sulfonamides is 1. The number of amides is 1. The molecule has 31 heavy (non-hydrogen) atoms. The number of carboxylic acids is 1. The van der Waals surface area contributed by atoms with E-state index in [4.69, 9.17) is 5.11 Å². The van der Waals surface area contributed by atoms with E-state index in [-0.39, 0.29) is 22.9 Å². The maximum Gasteiger partial charge on any atom is 0.336 e. The minimum absolute atomic E-state index is 0.0658. The molecule has 0 bridgehead atoms. The van der Waals surface area contributed by atoms with Crippen LogP contribution in [0, 0.1) is 6.92 Å². The lowest BCUT2D eigenvalue weighted by atomic mass is 10.1. The molecule has 0 spiro atoms. The lowest BCUT2D eigenvalue weighted by Crippen LogP contribution is -2.50. The largest absolute Gasteiger partial charge is 0.478 e. The van der Waals surface area contributed by atoms with Crippen molar-refractivity contribution >= 4 is 28.1 Å². The van der Waals surface area contributed by atoms with Crippen LogP contribution in [0.4, 0.5) is 0 Å². The Morgan fingerprint density at radius 2 is 1.71 bits per heavy atom. The molecule has 1 fully saturated rings. The second-order valence-corrected chi connectivity index (χ2v) is 9.12. The Hall–Kier alpha value is -3.08. The summed E-state index contributed by atoms with van der Waals surface area (Å²) in [5, 5.41) is 13.0. The summed E-state index contributed by atoms with van der Waals surface area (Å²) in [5.41, 5.74) is 3.84. The third kappa shape index (κ3) is 5.75.